The number of fused-ring (bicyclic) bond motifs is 1. The summed E-state index contributed by atoms with van der Waals surface area (Å²) in [6, 6.07) is 16.2. The Bertz CT molecular complexity index is 883. The molecule has 1 aromatic heterocycles. The van der Waals surface area contributed by atoms with Gasteiger partial charge in [-0.25, -0.2) is 8.42 Å². The molecule has 0 bridgehead atoms. The summed E-state index contributed by atoms with van der Waals surface area (Å²) in [5.41, 5.74) is 1.54. The largest absolute Gasteiger partial charge is 0.351 e. The van der Waals surface area contributed by atoms with Crippen LogP contribution in [-0.2, 0) is 17.1 Å². The smallest absolute Gasteiger partial charge is 0.264 e. The zero-order valence-electron chi connectivity index (χ0n) is 11.9. The number of sulfonamides is 1. The summed E-state index contributed by atoms with van der Waals surface area (Å²) in [4.78, 5) is 0.295. The number of hydrogen-bond acceptors (Lipinski definition) is 2. The third-order valence-corrected chi connectivity index (χ3v) is 5.42. The maximum atomic E-state index is 12.7. The molecule has 0 saturated heterocycles. The Hall–Kier alpha value is -2.27. The molecular formula is C16H16N2O2S. The van der Waals surface area contributed by atoms with Crippen LogP contribution in [0.15, 0.2) is 65.7 Å². The van der Waals surface area contributed by atoms with Crippen LogP contribution in [0.2, 0.25) is 0 Å². The number of benzene rings is 2. The molecule has 3 rings (SSSR count). The normalized spacial score (nSPS) is 11.7. The van der Waals surface area contributed by atoms with Gasteiger partial charge in [0.1, 0.15) is 0 Å². The predicted octanol–water partition coefficient (Wildman–Crippen LogP) is 3.00. The standard InChI is InChI=1S/C16H16N2O2S/c1-17-11-10-13-8-9-15(12-16(13)17)21(19,20)18(2)14-6-4-3-5-7-14/h3-12H,1-2H3. The van der Waals surface area contributed by atoms with Gasteiger partial charge in [-0.2, -0.15) is 0 Å². The zero-order chi connectivity index (χ0) is 15.0. The average Bonchev–Trinajstić information content (AvgIpc) is 2.88. The molecule has 1 heterocycles. The molecule has 0 unspecified atom stereocenters. The van der Waals surface area contributed by atoms with Crippen molar-refractivity contribution in [2.45, 2.75) is 4.90 Å². The molecule has 3 aromatic rings. The summed E-state index contributed by atoms with van der Waals surface area (Å²) >= 11 is 0. The van der Waals surface area contributed by atoms with Crippen LogP contribution in [0, 0.1) is 0 Å². The number of aromatic nitrogens is 1. The monoisotopic (exact) mass is 300 g/mol. The molecule has 108 valence electrons. The molecule has 5 heteroatoms. The molecule has 0 spiro atoms. The molecule has 0 fully saturated rings. The second-order valence-corrected chi connectivity index (χ2v) is 6.92. The molecule has 0 aliphatic rings. The first-order valence-corrected chi connectivity index (χ1v) is 8.03. The molecule has 21 heavy (non-hydrogen) atoms. The lowest BCUT2D eigenvalue weighted by atomic mass is 10.2. The second kappa shape index (κ2) is 4.93. The van der Waals surface area contributed by atoms with Crippen molar-refractivity contribution in [3.63, 3.8) is 0 Å². The van der Waals surface area contributed by atoms with E-state index < -0.39 is 10.0 Å². The minimum Gasteiger partial charge on any atom is -0.351 e. The SMILES string of the molecule is CN(c1ccccc1)S(=O)(=O)c1ccc2ccn(C)c2c1. The minimum atomic E-state index is -3.56. The van der Waals surface area contributed by atoms with E-state index in [1.807, 2.05) is 48.1 Å². The quantitative estimate of drug-likeness (QED) is 0.746. The second-order valence-electron chi connectivity index (χ2n) is 4.96. The van der Waals surface area contributed by atoms with Crippen molar-refractivity contribution in [1.29, 1.82) is 0 Å². The van der Waals surface area contributed by atoms with E-state index in [0.717, 1.165) is 10.9 Å². The van der Waals surface area contributed by atoms with Crippen molar-refractivity contribution >= 4 is 26.6 Å². The fraction of sp³-hybridized carbons (Fsp3) is 0.125. The Kier molecular flexibility index (Phi) is 3.22. The van der Waals surface area contributed by atoms with Crippen molar-refractivity contribution in [3.05, 3.63) is 60.8 Å². The summed E-state index contributed by atoms with van der Waals surface area (Å²) in [5, 5.41) is 1.03. The van der Waals surface area contributed by atoms with Crippen LogP contribution in [0.25, 0.3) is 10.9 Å². The zero-order valence-corrected chi connectivity index (χ0v) is 12.7. The van der Waals surface area contributed by atoms with E-state index in [-0.39, 0.29) is 0 Å². The van der Waals surface area contributed by atoms with Crippen molar-refractivity contribution < 1.29 is 8.42 Å². The maximum Gasteiger partial charge on any atom is 0.264 e. The number of aryl methyl sites for hydroxylation is 1. The summed E-state index contributed by atoms with van der Waals surface area (Å²) in [6.45, 7) is 0. The van der Waals surface area contributed by atoms with E-state index >= 15 is 0 Å². The topological polar surface area (TPSA) is 42.3 Å². The Labute approximate surface area is 124 Å². The highest BCUT2D eigenvalue weighted by Crippen LogP contribution is 2.25. The first-order valence-electron chi connectivity index (χ1n) is 6.59. The molecule has 4 nitrogen and oxygen atoms in total. The summed E-state index contributed by atoms with van der Waals surface area (Å²) < 4.78 is 28.7. The van der Waals surface area contributed by atoms with E-state index in [1.54, 1.807) is 31.3 Å². The molecule has 0 atom stereocenters. The lowest BCUT2D eigenvalue weighted by Crippen LogP contribution is -2.26. The number of anilines is 1. The maximum absolute atomic E-state index is 12.7. The number of hydrogen-bond donors (Lipinski definition) is 0. The van der Waals surface area contributed by atoms with E-state index in [9.17, 15) is 8.42 Å². The van der Waals surface area contributed by atoms with E-state index in [0.29, 0.717) is 10.6 Å². The van der Waals surface area contributed by atoms with Crippen LogP contribution in [0.3, 0.4) is 0 Å². The van der Waals surface area contributed by atoms with E-state index in [2.05, 4.69) is 0 Å². The highest BCUT2D eigenvalue weighted by Gasteiger charge is 2.21. The Morgan fingerprint density at radius 2 is 1.71 bits per heavy atom. The van der Waals surface area contributed by atoms with Crippen LogP contribution < -0.4 is 4.31 Å². The molecule has 0 radical (unpaired) electrons. The first-order chi connectivity index (χ1) is 10.00. The Morgan fingerprint density at radius 3 is 2.43 bits per heavy atom. The molecule has 0 aliphatic heterocycles. The van der Waals surface area contributed by atoms with Gasteiger partial charge >= 0.3 is 0 Å². The predicted molar refractivity (Wildman–Crippen MR) is 84.9 cm³/mol. The molecule has 0 N–H and O–H groups in total. The van der Waals surface area contributed by atoms with Crippen LogP contribution in [0.1, 0.15) is 0 Å². The summed E-state index contributed by atoms with van der Waals surface area (Å²) in [7, 11) is -0.0864. The van der Waals surface area contributed by atoms with Crippen molar-refractivity contribution in [2.24, 2.45) is 7.05 Å². The van der Waals surface area contributed by atoms with Crippen molar-refractivity contribution in [3.8, 4) is 0 Å². The lowest BCUT2D eigenvalue weighted by molar-refractivity contribution is 0.594. The van der Waals surface area contributed by atoms with Gasteiger partial charge in [-0.1, -0.05) is 24.3 Å². The van der Waals surface area contributed by atoms with Crippen LogP contribution >= 0.6 is 0 Å². The highest BCUT2D eigenvalue weighted by molar-refractivity contribution is 7.92. The van der Waals surface area contributed by atoms with Gasteiger partial charge in [-0.3, -0.25) is 4.31 Å². The van der Waals surface area contributed by atoms with Crippen LogP contribution in [0.5, 0.6) is 0 Å². The van der Waals surface area contributed by atoms with Crippen LogP contribution in [0.4, 0.5) is 5.69 Å². The summed E-state index contributed by atoms with van der Waals surface area (Å²) in [6.07, 6.45) is 1.92. The van der Waals surface area contributed by atoms with E-state index in [4.69, 9.17) is 0 Å². The molecule has 0 saturated carbocycles. The number of nitrogens with zero attached hydrogens (tertiary/aromatic N) is 2. The fourth-order valence-electron chi connectivity index (χ4n) is 2.34. The van der Waals surface area contributed by atoms with Crippen molar-refractivity contribution in [1.82, 2.24) is 4.57 Å². The third-order valence-electron chi connectivity index (χ3n) is 3.64. The van der Waals surface area contributed by atoms with Gasteiger partial charge in [0.2, 0.25) is 0 Å². The number of rotatable bonds is 3. The molecular weight excluding hydrogens is 284 g/mol. The van der Waals surface area contributed by atoms with E-state index in [1.165, 1.54) is 4.31 Å². The van der Waals surface area contributed by atoms with Gasteiger partial charge in [-0.15, -0.1) is 0 Å². The van der Waals surface area contributed by atoms with Crippen molar-refractivity contribution in [2.75, 3.05) is 11.4 Å². The molecule has 0 amide bonds. The first kappa shape index (κ1) is 13.7. The van der Waals surface area contributed by atoms with Gasteiger partial charge in [0, 0.05) is 25.8 Å². The Morgan fingerprint density at radius 1 is 1.00 bits per heavy atom. The third kappa shape index (κ3) is 2.29. The Balaban J connectivity index is 2.09. The molecule has 2 aromatic carbocycles. The fourth-order valence-corrected chi connectivity index (χ4v) is 3.55. The molecule has 0 aliphatic carbocycles. The van der Waals surface area contributed by atoms with Gasteiger partial charge in [-0.05, 0) is 35.7 Å². The van der Waals surface area contributed by atoms with Gasteiger partial charge in [0.15, 0.2) is 0 Å². The van der Waals surface area contributed by atoms with Crippen LogP contribution in [-0.4, -0.2) is 20.0 Å². The minimum absolute atomic E-state index is 0.295. The number of para-hydroxylation sites is 1. The van der Waals surface area contributed by atoms with Gasteiger partial charge in [0.05, 0.1) is 10.6 Å². The average molecular weight is 300 g/mol. The van der Waals surface area contributed by atoms with Gasteiger partial charge in [0.25, 0.3) is 10.0 Å². The summed E-state index contributed by atoms with van der Waals surface area (Å²) in [5.74, 6) is 0. The van der Waals surface area contributed by atoms with Gasteiger partial charge < -0.3 is 4.57 Å². The highest BCUT2D eigenvalue weighted by atomic mass is 32.2. The lowest BCUT2D eigenvalue weighted by Gasteiger charge is -2.19.